The fourth-order valence-electron chi connectivity index (χ4n) is 0.866. The minimum absolute atomic E-state index is 0.165. The molecular formula is C10H16O3. The lowest BCUT2D eigenvalue weighted by molar-refractivity contribution is -0.140. The monoisotopic (exact) mass is 184 g/mol. The van der Waals surface area contributed by atoms with Crippen molar-refractivity contribution < 1.29 is 14.3 Å². The molecule has 0 aliphatic heterocycles. The zero-order valence-corrected chi connectivity index (χ0v) is 7.99. The predicted molar refractivity (Wildman–Crippen MR) is 50.3 cm³/mol. The molecule has 0 heterocycles. The number of esters is 1. The molecule has 13 heavy (non-hydrogen) atoms. The zero-order chi connectivity index (χ0) is 9.94. The van der Waals surface area contributed by atoms with Gasteiger partial charge in [-0.3, -0.25) is 4.79 Å². The molecule has 0 N–H and O–H groups in total. The molecule has 0 atom stereocenters. The van der Waals surface area contributed by atoms with Crippen LogP contribution in [0.1, 0.15) is 32.1 Å². The Morgan fingerprint density at radius 3 is 2.54 bits per heavy atom. The largest absolute Gasteiger partial charge is 0.469 e. The zero-order valence-electron chi connectivity index (χ0n) is 7.99. The van der Waals surface area contributed by atoms with Gasteiger partial charge in [-0.25, -0.2) is 0 Å². The Morgan fingerprint density at radius 2 is 1.92 bits per heavy atom. The summed E-state index contributed by atoms with van der Waals surface area (Å²) in [5.41, 5.74) is 0. The molecule has 0 spiro atoms. The van der Waals surface area contributed by atoms with Crippen LogP contribution in [-0.4, -0.2) is 19.4 Å². The number of aldehydes is 1. The number of rotatable bonds is 7. The summed E-state index contributed by atoms with van der Waals surface area (Å²) in [7, 11) is 1.39. The van der Waals surface area contributed by atoms with Gasteiger partial charge >= 0.3 is 5.97 Å². The summed E-state index contributed by atoms with van der Waals surface area (Å²) in [5, 5.41) is 0. The smallest absolute Gasteiger partial charge is 0.305 e. The van der Waals surface area contributed by atoms with E-state index in [0.29, 0.717) is 12.8 Å². The number of ether oxygens (including phenoxy) is 1. The topological polar surface area (TPSA) is 43.4 Å². The first-order valence-corrected chi connectivity index (χ1v) is 4.46. The van der Waals surface area contributed by atoms with E-state index < -0.39 is 0 Å². The molecule has 0 fully saturated rings. The highest BCUT2D eigenvalue weighted by atomic mass is 16.5. The van der Waals surface area contributed by atoms with Crippen LogP contribution in [0.25, 0.3) is 0 Å². The number of carbonyl (C=O) groups is 2. The second-order valence-corrected chi connectivity index (χ2v) is 2.68. The molecule has 0 aromatic carbocycles. The van der Waals surface area contributed by atoms with Crippen LogP contribution in [0.15, 0.2) is 12.2 Å². The minimum atomic E-state index is -0.165. The molecule has 0 saturated heterocycles. The average molecular weight is 184 g/mol. The average Bonchev–Trinajstić information content (AvgIpc) is 2.16. The molecule has 0 bridgehead atoms. The maximum absolute atomic E-state index is 10.7. The van der Waals surface area contributed by atoms with Crippen molar-refractivity contribution in [3.8, 4) is 0 Å². The van der Waals surface area contributed by atoms with Crippen LogP contribution < -0.4 is 0 Å². The quantitative estimate of drug-likeness (QED) is 0.262. The summed E-state index contributed by atoms with van der Waals surface area (Å²) in [5.74, 6) is -0.165. The lowest BCUT2D eigenvalue weighted by atomic mass is 10.2. The maximum Gasteiger partial charge on any atom is 0.305 e. The van der Waals surface area contributed by atoms with E-state index in [-0.39, 0.29) is 5.97 Å². The van der Waals surface area contributed by atoms with E-state index in [1.54, 1.807) is 0 Å². The van der Waals surface area contributed by atoms with Crippen molar-refractivity contribution in [3.63, 3.8) is 0 Å². The Hall–Kier alpha value is -1.12. The maximum atomic E-state index is 10.7. The summed E-state index contributed by atoms with van der Waals surface area (Å²) in [6.45, 7) is 0. The van der Waals surface area contributed by atoms with Gasteiger partial charge in [-0.2, -0.15) is 0 Å². The number of carbonyl (C=O) groups excluding carboxylic acids is 2. The van der Waals surface area contributed by atoms with Crippen LogP contribution in [0.3, 0.4) is 0 Å². The highest BCUT2D eigenvalue weighted by Crippen LogP contribution is 1.99. The van der Waals surface area contributed by atoms with Crippen LogP contribution in [0.2, 0.25) is 0 Å². The third-order valence-corrected chi connectivity index (χ3v) is 1.60. The molecule has 0 rings (SSSR count). The molecule has 0 saturated carbocycles. The predicted octanol–water partition coefficient (Wildman–Crippen LogP) is 1.86. The van der Waals surface area contributed by atoms with Crippen molar-refractivity contribution in [1.82, 2.24) is 0 Å². The highest BCUT2D eigenvalue weighted by Gasteiger charge is 1.96. The molecule has 0 aromatic heterocycles. The van der Waals surface area contributed by atoms with Gasteiger partial charge < -0.3 is 9.53 Å². The molecule has 0 aromatic rings. The first-order valence-electron chi connectivity index (χ1n) is 4.46. The van der Waals surface area contributed by atoms with Crippen molar-refractivity contribution in [2.45, 2.75) is 32.1 Å². The van der Waals surface area contributed by atoms with Crippen molar-refractivity contribution in [2.24, 2.45) is 0 Å². The summed E-state index contributed by atoms with van der Waals surface area (Å²) in [6, 6.07) is 0. The minimum Gasteiger partial charge on any atom is -0.469 e. The Morgan fingerprint density at radius 1 is 1.23 bits per heavy atom. The van der Waals surface area contributed by atoms with Crippen molar-refractivity contribution in [2.75, 3.05) is 7.11 Å². The first-order chi connectivity index (χ1) is 6.31. The fourth-order valence-corrected chi connectivity index (χ4v) is 0.866. The number of unbranched alkanes of at least 4 members (excludes halogenated alkanes) is 2. The lowest BCUT2D eigenvalue weighted by Gasteiger charge is -1.95. The Kier molecular flexibility index (Phi) is 8.20. The van der Waals surface area contributed by atoms with E-state index in [9.17, 15) is 9.59 Å². The van der Waals surface area contributed by atoms with Gasteiger partial charge in [0.1, 0.15) is 6.29 Å². The molecule has 0 amide bonds. The first kappa shape index (κ1) is 11.9. The van der Waals surface area contributed by atoms with E-state index >= 15 is 0 Å². The van der Waals surface area contributed by atoms with E-state index in [2.05, 4.69) is 4.74 Å². The van der Waals surface area contributed by atoms with Crippen molar-refractivity contribution >= 4 is 12.3 Å². The van der Waals surface area contributed by atoms with Gasteiger partial charge in [-0.05, 0) is 19.3 Å². The normalized spacial score (nSPS) is 10.2. The standard InChI is InChI=1S/C10H16O3/c1-13-10(12)8-6-4-2-3-5-7-9-11/h2-3,9H,4-8H2,1H3/b3-2-. The summed E-state index contributed by atoms with van der Waals surface area (Å²) in [6.07, 6.45) is 8.37. The second kappa shape index (κ2) is 8.97. The molecule has 3 heteroatoms. The summed E-state index contributed by atoms with van der Waals surface area (Å²) < 4.78 is 4.49. The van der Waals surface area contributed by atoms with Gasteiger partial charge in [-0.1, -0.05) is 12.2 Å². The van der Waals surface area contributed by atoms with E-state index in [1.165, 1.54) is 7.11 Å². The van der Waals surface area contributed by atoms with Gasteiger partial charge in [0.2, 0.25) is 0 Å². The number of allylic oxidation sites excluding steroid dienone is 2. The molecule has 0 aliphatic rings. The van der Waals surface area contributed by atoms with Crippen LogP contribution in [-0.2, 0) is 14.3 Å². The van der Waals surface area contributed by atoms with Crippen LogP contribution in [0.5, 0.6) is 0 Å². The van der Waals surface area contributed by atoms with Crippen LogP contribution >= 0.6 is 0 Å². The molecule has 3 nitrogen and oxygen atoms in total. The molecule has 0 unspecified atom stereocenters. The Labute approximate surface area is 78.8 Å². The van der Waals surface area contributed by atoms with Crippen LogP contribution in [0.4, 0.5) is 0 Å². The lowest BCUT2D eigenvalue weighted by Crippen LogP contribution is -1.98. The summed E-state index contributed by atoms with van der Waals surface area (Å²) in [4.78, 5) is 20.6. The third kappa shape index (κ3) is 8.79. The number of hydrogen-bond acceptors (Lipinski definition) is 3. The number of methoxy groups -OCH3 is 1. The van der Waals surface area contributed by atoms with Crippen LogP contribution in [0, 0.1) is 0 Å². The van der Waals surface area contributed by atoms with E-state index in [1.807, 2.05) is 12.2 Å². The van der Waals surface area contributed by atoms with Gasteiger partial charge in [0, 0.05) is 12.8 Å². The Bertz CT molecular complexity index is 173. The Balaban J connectivity index is 3.19. The molecule has 0 radical (unpaired) electrons. The molecule has 74 valence electrons. The van der Waals surface area contributed by atoms with E-state index in [0.717, 1.165) is 25.5 Å². The molecular weight excluding hydrogens is 168 g/mol. The van der Waals surface area contributed by atoms with E-state index in [4.69, 9.17) is 0 Å². The van der Waals surface area contributed by atoms with Gasteiger partial charge in [0.25, 0.3) is 0 Å². The third-order valence-electron chi connectivity index (χ3n) is 1.60. The van der Waals surface area contributed by atoms with Gasteiger partial charge in [-0.15, -0.1) is 0 Å². The SMILES string of the molecule is COC(=O)CCC/C=C\CCC=O. The summed E-state index contributed by atoms with van der Waals surface area (Å²) >= 11 is 0. The van der Waals surface area contributed by atoms with Crippen molar-refractivity contribution in [1.29, 1.82) is 0 Å². The molecule has 0 aliphatic carbocycles. The van der Waals surface area contributed by atoms with Crippen molar-refractivity contribution in [3.05, 3.63) is 12.2 Å². The van der Waals surface area contributed by atoms with Gasteiger partial charge in [0.05, 0.1) is 7.11 Å². The fraction of sp³-hybridized carbons (Fsp3) is 0.600. The number of hydrogen-bond donors (Lipinski definition) is 0. The highest BCUT2D eigenvalue weighted by molar-refractivity contribution is 5.69. The van der Waals surface area contributed by atoms with Gasteiger partial charge in [0.15, 0.2) is 0 Å². The second-order valence-electron chi connectivity index (χ2n) is 2.68.